The maximum atomic E-state index is 13.3. The van der Waals surface area contributed by atoms with Crippen molar-refractivity contribution in [3.63, 3.8) is 0 Å². The number of rotatable bonds is 0. The third kappa shape index (κ3) is 3.97. The van der Waals surface area contributed by atoms with Crippen molar-refractivity contribution in [2.75, 3.05) is 36.0 Å². The standard InChI is InChI=1S/C27H33N5O3/c33-17-7-1-3-13-31-15-20(18-9-5-11-28-24(18)31)22-23(27(35)30-26(22)34)21-16-32(14-4-2-8-17)25-19(21)10-6-12-29-25/h5-6,9-12,17,20-23,33H,1-4,7-8,13-16H2,(H,30,34,35). The van der Waals surface area contributed by atoms with E-state index < -0.39 is 11.8 Å². The van der Waals surface area contributed by atoms with E-state index in [-0.39, 0.29) is 29.8 Å². The van der Waals surface area contributed by atoms with Gasteiger partial charge in [-0.2, -0.15) is 0 Å². The van der Waals surface area contributed by atoms with E-state index in [0.717, 1.165) is 74.4 Å². The first-order valence-corrected chi connectivity index (χ1v) is 13.0. The van der Waals surface area contributed by atoms with Gasteiger partial charge in [-0.3, -0.25) is 14.9 Å². The highest BCUT2D eigenvalue weighted by molar-refractivity contribution is 6.06. The molecule has 6 rings (SSSR count). The van der Waals surface area contributed by atoms with Gasteiger partial charge in [-0.25, -0.2) is 9.97 Å². The van der Waals surface area contributed by atoms with Crippen LogP contribution >= 0.6 is 0 Å². The predicted octanol–water partition coefficient (Wildman–Crippen LogP) is 2.59. The number of hydrogen-bond donors (Lipinski definition) is 2. The van der Waals surface area contributed by atoms with Gasteiger partial charge in [-0.1, -0.05) is 12.1 Å². The van der Waals surface area contributed by atoms with Crippen molar-refractivity contribution in [2.24, 2.45) is 11.8 Å². The average molecular weight is 476 g/mol. The van der Waals surface area contributed by atoms with Crippen LogP contribution in [0.25, 0.3) is 0 Å². The number of carbonyl (C=O) groups is 2. The van der Waals surface area contributed by atoms with Gasteiger partial charge >= 0.3 is 0 Å². The van der Waals surface area contributed by atoms with Crippen LogP contribution in [-0.4, -0.2) is 59.2 Å². The molecule has 8 nitrogen and oxygen atoms in total. The summed E-state index contributed by atoms with van der Waals surface area (Å²) in [6.45, 7) is 3.05. The molecule has 4 aliphatic rings. The SMILES string of the molecule is O=C1NC(=O)C2C3CN(CCCCC(O)CCCCN4CC(c5cccnc54)C12)c1ncccc13. The monoisotopic (exact) mass is 475 g/mol. The number of aromatic nitrogens is 2. The average Bonchev–Trinajstić information content (AvgIpc) is 3.50. The van der Waals surface area contributed by atoms with Crippen molar-refractivity contribution < 1.29 is 14.7 Å². The Kier molecular flexibility index (Phi) is 5.92. The van der Waals surface area contributed by atoms with Gasteiger partial charge in [0.15, 0.2) is 0 Å². The van der Waals surface area contributed by atoms with Gasteiger partial charge in [0.25, 0.3) is 0 Å². The number of aliphatic hydroxyl groups excluding tert-OH is 1. The largest absolute Gasteiger partial charge is 0.393 e. The summed E-state index contributed by atoms with van der Waals surface area (Å²) in [5.41, 5.74) is 2.13. The van der Waals surface area contributed by atoms with Crippen LogP contribution in [0.5, 0.6) is 0 Å². The minimum absolute atomic E-state index is 0.0782. The van der Waals surface area contributed by atoms with Crippen molar-refractivity contribution in [3.05, 3.63) is 47.8 Å². The lowest BCUT2D eigenvalue weighted by Gasteiger charge is -2.27. The third-order valence-corrected chi connectivity index (χ3v) is 8.40. The molecule has 4 atom stereocenters. The maximum Gasteiger partial charge on any atom is 0.231 e. The lowest BCUT2D eigenvalue weighted by molar-refractivity contribution is -0.126. The van der Waals surface area contributed by atoms with E-state index >= 15 is 0 Å². The Hall–Kier alpha value is -3.00. The third-order valence-electron chi connectivity index (χ3n) is 8.40. The van der Waals surface area contributed by atoms with Crippen molar-refractivity contribution in [1.82, 2.24) is 15.3 Å². The number of aliphatic hydroxyl groups is 1. The normalized spacial score (nSPS) is 30.9. The molecule has 35 heavy (non-hydrogen) atoms. The molecule has 0 aliphatic carbocycles. The molecule has 4 bridgehead atoms. The van der Waals surface area contributed by atoms with Crippen LogP contribution in [0.15, 0.2) is 36.7 Å². The van der Waals surface area contributed by atoms with Crippen LogP contribution in [-0.2, 0) is 9.59 Å². The zero-order valence-electron chi connectivity index (χ0n) is 20.0. The van der Waals surface area contributed by atoms with Crippen LogP contribution < -0.4 is 15.1 Å². The fourth-order valence-electron chi connectivity index (χ4n) is 6.77. The Labute approximate surface area is 205 Å². The number of anilines is 2. The molecule has 2 N–H and O–H groups in total. The summed E-state index contributed by atoms with van der Waals surface area (Å²) in [4.78, 5) is 40.5. The predicted molar refractivity (Wildman–Crippen MR) is 132 cm³/mol. The number of hydrogen-bond acceptors (Lipinski definition) is 7. The Morgan fingerprint density at radius 3 is 1.74 bits per heavy atom. The van der Waals surface area contributed by atoms with Gasteiger partial charge in [-0.15, -0.1) is 0 Å². The van der Waals surface area contributed by atoms with Crippen molar-refractivity contribution in [2.45, 2.75) is 56.5 Å². The molecule has 2 saturated heterocycles. The molecule has 2 amide bonds. The van der Waals surface area contributed by atoms with Crippen LogP contribution in [0.1, 0.15) is 61.5 Å². The first-order valence-electron chi connectivity index (χ1n) is 13.0. The van der Waals surface area contributed by atoms with E-state index in [2.05, 4.69) is 37.2 Å². The van der Waals surface area contributed by atoms with Crippen molar-refractivity contribution in [1.29, 1.82) is 0 Å². The Morgan fingerprint density at radius 2 is 1.26 bits per heavy atom. The van der Waals surface area contributed by atoms with Crippen molar-refractivity contribution in [3.8, 4) is 0 Å². The van der Waals surface area contributed by atoms with E-state index in [1.165, 1.54) is 0 Å². The summed E-state index contributed by atoms with van der Waals surface area (Å²) in [5.74, 6) is 0.534. The Balaban J connectivity index is 1.39. The number of nitrogens with one attached hydrogen (secondary N) is 1. The molecule has 2 aromatic heterocycles. The topological polar surface area (TPSA) is 98.7 Å². The summed E-state index contributed by atoms with van der Waals surface area (Å²) in [6, 6.07) is 7.99. The van der Waals surface area contributed by atoms with Gasteiger partial charge in [0.05, 0.1) is 17.9 Å². The number of nitrogens with zero attached hydrogens (tertiary/aromatic N) is 4. The molecular formula is C27H33N5O3. The number of imide groups is 1. The number of carbonyl (C=O) groups excluding carboxylic acids is 2. The molecule has 2 aromatic rings. The molecule has 0 saturated carbocycles. The van der Waals surface area contributed by atoms with E-state index in [9.17, 15) is 14.7 Å². The molecule has 0 aromatic carbocycles. The summed E-state index contributed by atoms with van der Waals surface area (Å²) in [7, 11) is 0. The van der Waals surface area contributed by atoms with Gasteiger partial charge in [-0.05, 0) is 50.7 Å². The molecule has 0 spiro atoms. The van der Waals surface area contributed by atoms with E-state index in [0.29, 0.717) is 13.1 Å². The van der Waals surface area contributed by atoms with Gasteiger partial charge in [0, 0.05) is 61.5 Å². The Bertz CT molecular complexity index is 1040. The molecule has 4 unspecified atom stereocenters. The van der Waals surface area contributed by atoms with Gasteiger partial charge < -0.3 is 14.9 Å². The highest BCUT2D eigenvalue weighted by Crippen LogP contribution is 2.50. The molecular weight excluding hydrogens is 442 g/mol. The quantitative estimate of drug-likeness (QED) is 0.565. The van der Waals surface area contributed by atoms with E-state index in [1.54, 1.807) is 12.4 Å². The second kappa shape index (κ2) is 9.22. The second-order valence-corrected chi connectivity index (χ2v) is 10.5. The molecule has 0 radical (unpaired) electrons. The number of fused-ring (bicyclic) bond motifs is 13. The van der Waals surface area contributed by atoms with Crippen LogP contribution in [0.3, 0.4) is 0 Å². The lowest BCUT2D eigenvalue weighted by atomic mass is 9.73. The number of pyridine rings is 2. The first kappa shape index (κ1) is 22.5. The Morgan fingerprint density at radius 1 is 0.771 bits per heavy atom. The second-order valence-electron chi connectivity index (χ2n) is 10.5. The molecule has 4 aliphatic heterocycles. The van der Waals surface area contributed by atoms with E-state index in [1.807, 2.05) is 12.1 Å². The summed E-state index contributed by atoms with van der Waals surface area (Å²) < 4.78 is 0. The van der Waals surface area contributed by atoms with Crippen LogP contribution in [0.4, 0.5) is 11.6 Å². The van der Waals surface area contributed by atoms with Gasteiger partial charge in [0.2, 0.25) is 11.8 Å². The fourth-order valence-corrected chi connectivity index (χ4v) is 6.77. The molecule has 6 heterocycles. The summed E-state index contributed by atoms with van der Waals surface area (Å²) >= 11 is 0. The molecule has 184 valence electrons. The lowest BCUT2D eigenvalue weighted by Crippen LogP contribution is -2.35. The number of amides is 2. The van der Waals surface area contributed by atoms with E-state index in [4.69, 9.17) is 0 Å². The highest BCUT2D eigenvalue weighted by Gasteiger charge is 2.54. The van der Waals surface area contributed by atoms with Gasteiger partial charge in [0.1, 0.15) is 11.6 Å². The zero-order valence-corrected chi connectivity index (χ0v) is 20.0. The zero-order chi connectivity index (χ0) is 23.9. The minimum atomic E-state index is -0.425. The molecule has 2 fully saturated rings. The maximum absolute atomic E-state index is 13.3. The minimum Gasteiger partial charge on any atom is -0.393 e. The first-order chi connectivity index (χ1) is 17.1. The van der Waals surface area contributed by atoms with Crippen LogP contribution in [0, 0.1) is 11.8 Å². The van der Waals surface area contributed by atoms with Crippen LogP contribution in [0.2, 0.25) is 0 Å². The highest BCUT2D eigenvalue weighted by atomic mass is 16.3. The molecule has 8 heteroatoms. The fraction of sp³-hybridized carbons (Fsp3) is 0.556. The van der Waals surface area contributed by atoms with Crippen molar-refractivity contribution >= 4 is 23.5 Å². The summed E-state index contributed by atoms with van der Waals surface area (Å²) in [6.07, 6.45) is 8.81. The smallest absolute Gasteiger partial charge is 0.231 e. The summed E-state index contributed by atoms with van der Waals surface area (Å²) in [5, 5.41) is 13.2.